The average molecular weight is 551 g/mol. The van der Waals surface area contributed by atoms with Crippen LogP contribution in [0.3, 0.4) is 0 Å². The quantitative estimate of drug-likeness (QED) is 0.170. The number of carbonyl (C=O) groups is 1. The molecular weight excluding hydrogens is 512 g/mol. The van der Waals surface area contributed by atoms with Crippen LogP contribution in [0.4, 0.5) is 0 Å². The van der Waals surface area contributed by atoms with E-state index in [9.17, 15) is 4.79 Å². The van der Waals surface area contributed by atoms with Crippen molar-refractivity contribution < 1.29 is 14.3 Å². The van der Waals surface area contributed by atoms with Crippen LogP contribution < -0.4 is 4.74 Å². The first-order chi connectivity index (χ1) is 20.0. The molecule has 0 amide bonds. The average Bonchev–Trinajstić information content (AvgIpc) is 3.43. The van der Waals surface area contributed by atoms with Crippen molar-refractivity contribution in [3.63, 3.8) is 0 Å². The molecule has 7 heteroatoms. The lowest BCUT2D eigenvalue weighted by Crippen LogP contribution is -2.23. The molecule has 1 aliphatic heterocycles. The van der Waals surface area contributed by atoms with Gasteiger partial charge in [-0.25, -0.2) is 4.79 Å². The van der Waals surface area contributed by atoms with E-state index in [1.807, 2.05) is 42.9 Å². The van der Waals surface area contributed by atoms with Crippen molar-refractivity contribution in [1.29, 1.82) is 0 Å². The second-order valence-corrected chi connectivity index (χ2v) is 11.0. The Morgan fingerprint density at radius 3 is 2.61 bits per heavy atom. The number of aromatic nitrogens is 3. The van der Waals surface area contributed by atoms with E-state index in [2.05, 4.69) is 59.8 Å². The summed E-state index contributed by atoms with van der Waals surface area (Å²) in [6, 6.07) is 20.9. The Bertz CT molecular complexity index is 1730. The number of nitrogens with zero attached hydrogens (tertiary/aromatic N) is 4. The SMILES string of the molecule is CCOC(=O)c1c(CCCOc2cccc3ccccc23)c2cccc3c2n1CCCN(C)Cc1nn(C)c(C)c1-3. The van der Waals surface area contributed by atoms with Crippen molar-refractivity contribution >= 4 is 27.6 Å². The lowest BCUT2D eigenvalue weighted by molar-refractivity contribution is 0.0512. The number of esters is 1. The molecule has 3 aromatic carbocycles. The van der Waals surface area contributed by atoms with Crippen molar-refractivity contribution in [2.24, 2.45) is 7.05 Å². The molecule has 6 rings (SSSR count). The Hall–Kier alpha value is -4.10. The highest BCUT2D eigenvalue weighted by Crippen LogP contribution is 2.39. The molecule has 0 atom stereocenters. The van der Waals surface area contributed by atoms with Crippen LogP contribution >= 0.6 is 0 Å². The molecular formula is C34H38N4O3. The predicted molar refractivity (Wildman–Crippen MR) is 164 cm³/mol. The fraction of sp³-hybridized carbons (Fsp3) is 0.353. The normalized spacial score (nSPS) is 13.9. The zero-order valence-corrected chi connectivity index (χ0v) is 24.4. The largest absolute Gasteiger partial charge is 0.493 e. The fourth-order valence-corrected chi connectivity index (χ4v) is 6.32. The molecule has 0 unspecified atom stereocenters. The van der Waals surface area contributed by atoms with E-state index in [0.717, 1.165) is 82.6 Å². The molecule has 0 saturated heterocycles. The van der Waals surface area contributed by atoms with Crippen LogP contribution in [0.2, 0.25) is 0 Å². The van der Waals surface area contributed by atoms with Crippen molar-refractivity contribution in [1.82, 2.24) is 19.2 Å². The van der Waals surface area contributed by atoms with Gasteiger partial charge in [-0.15, -0.1) is 0 Å². The van der Waals surface area contributed by atoms with Gasteiger partial charge in [0.25, 0.3) is 0 Å². The van der Waals surface area contributed by atoms with Gasteiger partial charge in [-0.05, 0) is 63.7 Å². The summed E-state index contributed by atoms with van der Waals surface area (Å²) in [5.74, 6) is 0.633. The Morgan fingerprint density at radius 2 is 1.76 bits per heavy atom. The van der Waals surface area contributed by atoms with Crippen LogP contribution in [0.15, 0.2) is 60.7 Å². The first-order valence-corrected chi connectivity index (χ1v) is 14.6. The summed E-state index contributed by atoms with van der Waals surface area (Å²) in [6.45, 7) is 7.33. The minimum atomic E-state index is -0.256. The number of ether oxygens (including phenoxy) is 2. The molecule has 7 nitrogen and oxygen atoms in total. The molecule has 212 valence electrons. The lowest BCUT2D eigenvalue weighted by atomic mass is 9.98. The first kappa shape index (κ1) is 27.1. The molecule has 41 heavy (non-hydrogen) atoms. The highest BCUT2D eigenvalue weighted by molar-refractivity contribution is 6.05. The van der Waals surface area contributed by atoms with Gasteiger partial charge in [0, 0.05) is 47.7 Å². The van der Waals surface area contributed by atoms with Gasteiger partial charge in [0.15, 0.2) is 0 Å². The summed E-state index contributed by atoms with van der Waals surface area (Å²) in [7, 11) is 4.15. The summed E-state index contributed by atoms with van der Waals surface area (Å²) in [5.41, 5.74) is 7.29. The smallest absolute Gasteiger partial charge is 0.355 e. The topological polar surface area (TPSA) is 61.5 Å². The highest BCUT2D eigenvalue weighted by Gasteiger charge is 2.28. The van der Waals surface area contributed by atoms with Gasteiger partial charge in [0.2, 0.25) is 0 Å². The van der Waals surface area contributed by atoms with Crippen LogP contribution in [0.1, 0.15) is 47.2 Å². The van der Waals surface area contributed by atoms with E-state index < -0.39 is 0 Å². The predicted octanol–water partition coefficient (Wildman–Crippen LogP) is 6.53. The maximum atomic E-state index is 13.6. The zero-order chi connectivity index (χ0) is 28.5. The minimum Gasteiger partial charge on any atom is -0.493 e. The maximum Gasteiger partial charge on any atom is 0.355 e. The fourth-order valence-electron chi connectivity index (χ4n) is 6.32. The van der Waals surface area contributed by atoms with Crippen LogP contribution in [0, 0.1) is 6.92 Å². The second-order valence-electron chi connectivity index (χ2n) is 11.0. The number of carbonyl (C=O) groups excluding carboxylic acids is 1. The molecule has 0 N–H and O–H groups in total. The Balaban J connectivity index is 1.42. The van der Waals surface area contributed by atoms with Gasteiger partial charge >= 0.3 is 5.97 Å². The third-order valence-corrected chi connectivity index (χ3v) is 8.25. The van der Waals surface area contributed by atoms with E-state index in [1.54, 1.807) is 0 Å². The standard InChI is InChI=1S/C34H38N4O3/c1-5-40-34(39)33-27(17-10-21-41-30-18-8-13-24-12-6-7-14-25(24)30)26-15-9-16-28-31-23(2)37(4)35-29(31)22-36(3)19-11-20-38(33)32(26)28/h6-9,12-16,18H,5,10-11,17,19-22H2,1-4H3. The van der Waals surface area contributed by atoms with Gasteiger partial charge in [0.1, 0.15) is 11.4 Å². The van der Waals surface area contributed by atoms with E-state index >= 15 is 0 Å². The molecule has 0 bridgehead atoms. The number of benzene rings is 3. The first-order valence-electron chi connectivity index (χ1n) is 14.6. The van der Waals surface area contributed by atoms with Gasteiger partial charge < -0.3 is 18.9 Å². The van der Waals surface area contributed by atoms with Crippen molar-refractivity contribution in [3.05, 3.63) is 83.3 Å². The number of hydrogen-bond donors (Lipinski definition) is 0. The number of para-hydroxylation sites is 1. The minimum absolute atomic E-state index is 0.256. The lowest BCUT2D eigenvalue weighted by Gasteiger charge is -2.20. The molecule has 3 heterocycles. The summed E-state index contributed by atoms with van der Waals surface area (Å²) < 4.78 is 16.1. The van der Waals surface area contributed by atoms with Crippen LogP contribution in [0.25, 0.3) is 32.8 Å². The third kappa shape index (κ3) is 4.99. The maximum absolute atomic E-state index is 13.6. The van der Waals surface area contributed by atoms with Crippen LogP contribution in [0.5, 0.6) is 5.75 Å². The number of aryl methyl sites for hydroxylation is 3. The molecule has 0 radical (unpaired) electrons. The monoisotopic (exact) mass is 550 g/mol. The summed E-state index contributed by atoms with van der Waals surface area (Å²) in [4.78, 5) is 15.9. The molecule has 1 aliphatic rings. The van der Waals surface area contributed by atoms with Crippen molar-refractivity contribution in [2.45, 2.75) is 46.2 Å². The van der Waals surface area contributed by atoms with Gasteiger partial charge in [-0.3, -0.25) is 4.68 Å². The van der Waals surface area contributed by atoms with Gasteiger partial charge in [-0.2, -0.15) is 5.10 Å². The van der Waals surface area contributed by atoms with E-state index in [4.69, 9.17) is 14.6 Å². The van der Waals surface area contributed by atoms with Crippen molar-refractivity contribution in [3.8, 4) is 16.9 Å². The molecule has 0 saturated carbocycles. The summed E-state index contributed by atoms with van der Waals surface area (Å²) in [5, 5.41) is 8.29. The summed E-state index contributed by atoms with van der Waals surface area (Å²) in [6.07, 6.45) is 2.41. The van der Waals surface area contributed by atoms with Gasteiger partial charge in [-0.1, -0.05) is 54.6 Å². The Labute approximate surface area is 241 Å². The number of rotatable bonds is 7. The Kier molecular flexibility index (Phi) is 7.54. The zero-order valence-electron chi connectivity index (χ0n) is 24.4. The molecule has 2 aromatic heterocycles. The highest BCUT2D eigenvalue weighted by atomic mass is 16.5. The van der Waals surface area contributed by atoms with Crippen molar-refractivity contribution in [2.75, 3.05) is 26.8 Å². The van der Waals surface area contributed by atoms with Gasteiger partial charge in [0.05, 0.1) is 24.4 Å². The summed E-state index contributed by atoms with van der Waals surface area (Å²) >= 11 is 0. The van der Waals surface area contributed by atoms with E-state index in [-0.39, 0.29) is 5.97 Å². The Morgan fingerprint density at radius 1 is 0.976 bits per heavy atom. The van der Waals surface area contributed by atoms with Crippen LogP contribution in [-0.2, 0) is 31.3 Å². The van der Waals surface area contributed by atoms with E-state index in [0.29, 0.717) is 25.3 Å². The molecule has 0 fully saturated rings. The molecule has 5 aromatic rings. The molecule has 0 aliphatic carbocycles. The third-order valence-electron chi connectivity index (χ3n) is 8.25. The molecule has 0 spiro atoms. The second kappa shape index (κ2) is 11.4. The number of hydrogen-bond acceptors (Lipinski definition) is 5. The number of fused-ring (bicyclic) bond motifs is 3. The van der Waals surface area contributed by atoms with Crippen LogP contribution in [-0.4, -0.2) is 52.0 Å². The van der Waals surface area contributed by atoms with E-state index in [1.165, 1.54) is 5.39 Å².